The van der Waals surface area contributed by atoms with Crippen molar-refractivity contribution in [1.82, 2.24) is 34.6 Å². The second kappa shape index (κ2) is 9.45. The topological polar surface area (TPSA) is 111 Å². The SMILES string of the molecule is CCOC(=O)CN1CC(n2cc(-c3cnc4ccc(Oc5ccc6nc(C)[nH]c6c5)c(Cl)c4n3)cn2)C1. The first-order valence-corrected chi connectivity index (χ1v) is 12.4. The number of benzene rings is 2. The minimum Gasteiger partial charge on any atom is -0.465 e. The molecule has 0 saturated carbocycles. The van der Waals surface area contributed by atoms with Crippen LogP contribution in [0.25, 0.3) is 33.3 Å². The summed E-state index contributed by atoms with van der Waals surface area (Å²) < 4.78 is 13.0. The minimum absolute atomic E-state index is 0.191. The van der Waals surface area contributed by atoms with Crippen molar-refractivity contribution < 1.29 is 14.3 Å². The zero-order valence-corrected chi connectivity index (χ0v) is 21.1. The van der Waals surface area contributed by atoms with Crippen molar-refractivity contribution in [2.75, 3.05) is 26.2 Å². The number of fused-ring (bicyclic) bond motifs is 2. The number of likely N-dealkylation sites (tertiary alicyclic amines) is 1. The monoisotopic (exact) mass is 517 g/mol. The summed E-state index contributed by atoms with van der Waals surface area (Å²) in [5.74, 6) is 1.77. The van der Waals surface area contributed by atoms with Gasteiger partial charge in [0.1, 0.15) is 27.9 Å². The van der Waals surface area contributed by atoms with Crippen LogP contribution in [0.2, 0.25) is 5.02 Å². The maximum atomic E-state index is 11.7. The van der Waals surface area contributed by atoms with E-state index in [1.165, 1.54) is 0 Å². The first-order chi connectivity index (χ1) is 18.0. The fourth-order valence-corrected chi connectivity index (χ4v) is 4.69. The Labute approximate surface area is 217 Å². The highest BCUT2D eigenvalue weighted by molar-refractivity contribution is 6.36. The van der Waals surface area contributed by atoms with Crippen molar-refractivity contribution in [3.05, 3.63) is 59.8 Å². The fraction of sp³-hybridized carbons (Fsp3) is 0.269. The third-order valence-corrected chi connectivity index (χ3v) is 6.65. The molecule has 0 aliphatic carbocycles. The summed E-state index contributed by atoms with van der Waals surface area (Å²) >= 11 is 6.73. The first kappa shape index (κ1) is 23.4. The average molecular weight is 518 g/mol. The van der Waals surface area contributed by atoms with E-state index in [-0.39, 0.29) is 12.0 Å². The third kappa shape index (κ3) is 4.61. The van der Waals surface area contributed by atoms with Crippen molar-refractivity contribution in [2.45, 2.75) is 19.9 Å². The molecule has 4 heterocycles. The molecule has 188 valence electrons. The van der Waals surface area contributed by atoms with Crippen molar-refractivity contribution in [3.63, 3.8) is 0 Å². The highest BCUT2D eigenvalue weighted by Gasteiger charge is 2.30. The lowest BCUT2D eigenvalue weighted by atomic mass is 10.1. The molecule has 0 amide bonds. The number of rotatable bonds is 7. The zero-order chi connectivity index (χ0) is 25.5. The molecule has 1 N–H and O–H groups in total. The lowest BCUT2D eigenvalue weighted by Gasteiger charge is -2.38. The number of H-pyrrole nitrogens is 1. The summed E-state index contributed by atoms with van der Waals surface area (Å²) in [5, 5.41) is 4.89. The van der Waals surface area contributed by atoms with E-state index in [2.05, 4.69) is 20.1 Å². The van der Waals surface area contributed by atoms with Crippen LogP contribution in [0.15, 0.2) is 48.9 Å². The van der Waals surface area contributed by atoms with Gasteiger partial charge >= 0.3 is 5.97 Å². The van der Waals surface area contributed by atoms with Gasteiger partial charge in [-0.25, -0.2) is 9.97 Å². The molecule has 6 rings (SSSR count). The maximum absolute atomic E-state index is 11.7. The Hall–Kier alpha value is -4.02. The lowest BCUT2D eigenvalue weighted by Crippen LogP contribution is -2.50. The van der Waals surface area contributed by atoms with Crippen LogP contribution in [0.5, 0.6) is 11.5 Å². The fourth-order valence-electron chi connectivity index (χ4n) is 4.45. The van der Waals surface area contributed by atoms with Gasteiger partial charge in [0.05, 0.1) is 53.8 Å². The molecule has 3 aromatic heterocycles. The predicted molar refractivity (Wildman–Crippen MR) is 139 cm³/mol. The van der Waals surface area contributed by atoms with Gasteiger partial charge in [-0.1, -0.05) is 11.6 Å². The van der Waals surface area contributed by atoms with Gasteiger partial charge in [0.15, 0.2) is 0 Å². The first-order valence-electron chi connectivity index (χ1n) is 12.0. The zero-order valence-electron chi connectivity index (χ0n) is 20.3. The standard InChI is InChI=1S/C26H24ClN7O3/c1-3-36-24(35)14-33-12-17(13-33)34-11-16(9-29-34)22-10-28-20-6-7-23(25(27)26(20)32-22)37-18-4-5-19-21(8-18)31-15(2)30-19/h4-11,17H,3,12-14H2,1-2H3,(H,30,31). The number of halogens is 1. The van der Waals surface area contributed by atoms with Gasteiger partial charge in [-0.15, -0.1) is 0 Å². The average Bonchev–Trinajstić information content (AvgIpc) is 3.49. The van der Waals surface area contributed by atoms with E-state index < -0.39 is 0 Å². The molecule has 0 spiro atoms. The van der Waals surface area contributed by atoms with E-state index in [1.54, 1.807) is 25.4 Å². The summed E-state index contributed by atoms with van der Waals surface area (Å²) in [5.41, 5.74) is 4.48. The molecule has 5 aromatic rings. The number of nitrogens with one attached hydrogen (secondary N) is 1. The second-order valence-corrected chi connectivity index (χ2v) is 9.34. The molecule has 0 unspecified atom stereocenters. The quantitative estimate of drug-likeness (QED) is 0.313. The molecular formula is C26H24ClN7O3. The van der Waals surface area contributed by atoms with Crippen molar-refractivity contribution in [3.8, 4) is 22.8 Å². The number of nitrogens with zero attached hydrogens (tertiary/aromatic N) is 6. The molecule has 37 heavy (non-hydrogen) atoms. The molecule has 2 aromatic carbocycles. The predicted octanol–water partition coefficient (Wildman–Crippen LogP) is 4.54. The van der Waals surface area contributed by atoms with Gasteiger partial charge in [0, 0.05) is 30.9 Å². The summed E-state index contributed by atoms with van der Waals surface area (Å²) in [7, 11) is 0. The van der Waals surface area contributed by atoms with Crippen molar-refractivity contribution in [1.29, 1.82) is 0 Å². The van der Waals surface area contributed by atoms with E-state index >= 15 is 0 Å². The summed E-state index contributed by atoms with van der Waals surface area (Å²) in [4.78, 5) is 30.7. The number of aromatic amines is 1. The van der Waals surface area contributed by atoms with Gasteiger partial charge in [-0.3, -0.25) is 19.4 Å². The smallest absolute Gasteiger partial charge is 0.320 e. The Balaban J connectivity index is 1.21. The van der Waals surface area contributed by atoms with Crippen LogP contribution in [0.4, 0.5) is 0 Å². The summed E-state index contributed by atoms with van der Waals surface area (Å²) in [6.45, 7) is 5.88. The molecular weight excluding hydrogens is 494 g/mol. The van der Waals surface area contributed by atoms with Crippen LogP contribution in [-0.2, 0) is 9.53 Å². The van der Waals surface area contributed by atoms with E-state index in [0.29, 0.717) is 46.4 Å². The van der Waals surface area contributed by atoms with Crippen molar-refractivity contribution >= 4 is 39.6 Å². The number of carbonyl (C=O) groups is 1. The highest BCUT2D eigenvalue weighted by atomic mass is 35.5. The number of aryl methyl sites for hydroxylation is 1. The van der Waals surface area contributed by atoms with Gasteiger partial charge in [-0.2, -0.15) is 5.10 Å². The lowest BCUT2D eigenvalue weighted by molar-refractivity contribution is -0.146. The molecule has 1 saturated heterocycles. The van der Waals surface area contributed by atoms with Crippen LogP contribution in [0.3, 0.4) is 0 Å². The Kier molecular flexibility index (Phi) is 5.97. The van der Waals surface area contributed by atoms with Gasteiger partial charge in [0.2, 0.25) is 0 Å². The molecule has 11 heteroatoms. The van der Waals surface area contributed by atoms with Gasteiger partial charge < -0.3 is 14.5 Å². The number of imidazole rings is 1. The number of aromatic nitrogens is 6. The number of carbonyl (C=O) groups excluding carboxylic acids is 1. The molecule has 1 aliphatic rings. The van der Waals surface area contributed by atoms with Gasteiger partial charge in [0.25, 0.3) is 0 Å². The maximum Gasteiger partial charge on any atom is 0.320 e. The molecule has 1 aliphatic heterocycles. The van der Waals surface area contributed by atoms with E-state index in [4.69, 9.17) is 26.1 Å². The molecule has 10 nitrogen and oxygen atoms in total. The highest BCUT2D eigenvalue weighted by Crippen LogP contribution is 2.35. The Bertz CT molecular complexity index is 1620. The normalized spacial score (nSPS) is 14.2. The molecule has 0 atom stereocenters. The van der Waals surface area contributed by atoms with Crippen LogP contribution < -0.4 is 4.74 Å². The van der Waals surface area contributed by atoms with Crippen molar-refractivity contribution in [2.24, 2.45) is 0 Å². The Morgan fingerprint density at radius 1 is 1.16 bits per heavy atom. The summed E-state index contributed by atoms with van der Waals surface area (Å²) in [6.07, 6.45) is 5.42. The van der Waals surface area contributed by atoms with Crippen LogP contribution in [0, 0.1) is 6.92 Å². The number of hydrogen-bond donors (Lipinski definition) is 1. The largest absolute Gasteiger partial charge is 0.465 e. The number of ether oxygens (including phenoxy) is 2. The third-order valence-electron chi connectivity index (χ3n) is 6.28. The Morgan fingerprint density at radius 3 is 2.84 bits per heavy atom. The minimum atomic E-state index is -0.203. The second-order valence-electron chi connectivity index (χ2n) is 8.97. The molecule has 0 radical (unpaired) electrons. The van der Waals surface area contributed by atoms with Crippen LogP contribution in [0.1, 0.15) is 18.8 Å². The Morgan fingerprint density at radius 2 is 2.00 bits per heavy atom. The number of esters is 1. The summed E-state index contributed by atoms with van der Waals surface area (Å²) in [6, 6.07) is 9.46. The molecule has 0 bridgehead atoms. The van der Waals surface area contributed by atoms with Crippen LogP contribution in [-0.4, -0.2) is 66.8 Å². The molecule has 1 fully saturated rings. The van der Waals surface area contributed by atoms with Crippen LogP contribution >= 0.6 is 11.6 Å². The van der Waals surface area contributed by atoms with Gasteiger partial charge in [-0.05, 0) is 38.1 Å². The number of hydrogen-bond acceptors (Lipinski definition) is 8. The van der Waals surface area contributed by atoms with E-state index in [0.717, 1.165) is 35.5 Å². The van der Waals surface area contributed by atoms with E-state index in [9.17, 15) is 4.79 Å². The van der Waals surface area contributed by atoms with E-state index in [1.807, 2.05) is 47.0 Å².